The molecular formula is C10H15N5O9P2S. The number of hydrogen-bond donors (Lipinski definition) is 6. The van der Waals surface area contributed by atoms with Crippen molar-refractivity contribution in [2.45, 2.75) is 24.5 Å². The number of rotatable bonds is 6. The first-order valence-corrected chi connectivity index (χ1v) is 11.3. The number of imidazole rings is 1. The zero-order chi connectivity index (χ0) is 20.0. The monoisotopic (exact) mass is 443 g/mol. The second-order valence-corrected chi connectivity index (χ2v) is 9.68. The van der Waals surface area contributed by atoms with Crippen LogP contribution < -0.4 is 5.73 Å². The first-order chi connectivity index (χ1) is 12.5. The molecule has 7 N–H and O–H groups in total. The van der Waals surface area contributed by atoms with Crippen LogP contribution in [0.15, 0.2) is 12.7 Å². The normalized spacial score (nSPS) is 28.5. The van der Waals surface area contributed by atoms with Crippen LogP contribution in [0, 0.1) is 0 Å². The minimum absolute atomic E-state index is 0.113. The number of nitrogen functional groups attached to an aromatic ring is 1. The predicted molar refractivity (Wildman–Crippen MR) is 91.2 cm³/mol. The maximum Gasteiger partial charge on any atom is 0.476 e. The summed E-state index contributed by atoms with van der Waals surface area (Å²) in [5.41, 5.74) is 6.21. The molecule has 1 aliphatic rings. The van der Waals surface area contributed by atoms with Crippen molar-refractivity contribution in [2.75, 3.05) is 12.3 Å². The molecule has 3 rings (SSSR count). The van der Waals surface area contributed by atoms with Crippen molar-refractivity contribution in [3.8, 4) is 0 Å². The highest BCUT2D eigenvalue weighted by molar-refractivity contribution is 8.08. The summed E-state index contributed by atoms with van der Waals surface area (Å²) in [6.45, 7) is -4.90. The summed E-state index contributed by atoms with van der Waals surface area (Å²) < 4.78 is 26.4. The van der Waals surface area contributed by atoms with Crippen molar-refractivity contribution in [3.63, 3.8) is 0 Å². The van der Waals surface area contributed by atoms with Gasteiger partial charge in [0.15, 0.2) is 17.7 Å². The van der Waals surface area contributed by atoms with Gasteiger partial charge in [-0.25, -0.2) is 23.8 Å². The van der Waals surface area contributed by atoms with Crippen molar-refractivity contribution in [1.82, 2.24) is 19.5 Å². The highest BCUT2D eigenvalue weighted by Gasteiger charge is 2.45. The second kappa shape index (κ2) is 7.39. The fraction of sp³-hybridized carbons (Fsp3) is 0.500. The van der Waals surface area contributed by atoms with E-state index in [4.69, 9.17) is 24.8 Å². The quantitative estimate of drug-likeness (QED) is 0.276. The number of hydrogen-bond acceptors (Lipinski definition) is 11. The molecule has 0 bridgehead atoms. The lowest BCUT2D eigenvalue weighted by atomic mass is 10.1. The van der Waals surface area contributed by atoms with Crippen molar-refractivity contribution < 1.29 is 43.0 Å². The molecule has 0 aliphatic carbocycles. The van der Waals surface area contributed by atoms with Crippen LogP contribution in [0.25, 0.3) is 11.2 Å². The smallest absolute Gasteiger partial charge is 0.387 e. The van der Waals surface area contributed by atoms with E-state index in [2.05, 4.69) is 31.1 Å². The number of ether oxygens (including phenoxy) is 1. The number of aliphatic hydroxyl groups is 2. The molecular weight excluding hydrogens is 428 g/mol. The molecule has 2 aromatic rings. The first-order valence-electron chi connectivity index (χ1n) is 7.17. The van der Waals surface area contributed by atoms with Gasteiger partial charge in [0.25, 0.3) is 0 Å². The molecule has 1 saturated heterocycles. The van der Waals surface area contributed by atoms with Crippen LogP contribution in [0.1, 0.15) is 6.23 Å². The van der Waals surface area contributed by atoms with Gasteiger partial charge in [0.05, 0.1) is 12.9 Å². The summed E-state index contributed by atoms with van der Waals surface area (Å²) in [4.78, 5) is 38.8. The molecule has 27 heavy (non-hydrogen) atoms. The van der Waals surface area contributed by atoms with E-state index < -0.39 is 45.7 Å². The topological polar surface area (TPSA) is 216 Å². The fourth-order valence-electron chi connectivity index (χ4n) is 2.48. The van der Waals surface area contributed by atoms with Gasteiger partial charge in [-0.2, -0.15) is 0 Å². The second-order valence-electron chi connectivity index (χ2n) is 5.47. The van der Waals surface area contributed by atoms with E-state index in [0.29, 0.717) is 0 Å². The average Bonchev–Trinajstić information content (AvgIpc) is 3.07. The summed E-state index contributed by atoms with van der Waals surface area (Å²) in [6, 6.07) is 0. The third kappa shape index (κ3) is 4.50. The van der Waals surface area contributed by atoms with E-state index >= 15 is 0 Å². The number of fused-ring (bicyclic) bond motifs is 1. The van der Waals surface area contributed by atoms with Gasteiger partial charge in [-0.1, -0.05) is 0 Å². The first kappa shape index (κ1) is 20.6. The van der Waals surface area contributed by atoms with E-state index in [1.165, 1.54) is 17.2 Å². The molecule has 0 saturated carbocycles. The van der Waals surface area contributed by atoms with Gasteiger partial charge in [0.1, 0.15) is 30.2 Å². The maximum atomic E-state index is 10.8. The Balaban J connectivity index is 1.75. The summed E-state index contributed by atoms with van der Waals surface area (Å²) in [6.07, 6.45) is -2.77. The lowest BCUT2D eigenvalue weighted by Crippen LogP contribution is -2.33. The molecule has 17 heteroatoms. The number of aliphatic hydroxyl groups excluding tert-OH is 2. The Hall–Kier alpha value is -1.09. The maximum absolute atomic E-state index is 10.8. The van der Waals surface area contributed by atoms with Crippen molar-refractivity contribution in [1.29, 1.82) is 0 Å². The van der Waals surface area contributed by atoms with Gasteiger partial charge < -0.3 is 39.9 Å². The Kier molecular flexibility index (Phi) is 5.65. The summed E-state index contributed by atoms with van der Waals surface area (Å²) in [5, 5.41) is 20.4. The minimum Gasteiger partial charge on any atom is -0.387 e. The molecule has 1 unspecified atom stereocenters. The van der Waals surface area contributed by atoms with Crippen molar-refractivity contribution in [3.05, 3.63) is 12.7 Å². The molecule has 1 aliphatic heterocycles. The molecule has 0 spiro atoms. The Morgan fingerprint density at radius 1 is 1.26 bits per heavy atom. The zero-order valence-electron chi connectivity index (χ0n) is 13.2. The molecule has 0 radical (unpaired) electrons. The van der Waals surface area contributed by atoms with E-state index in [0.717, 1.165) is 0 Å². The van der Waals surface area contributed by atoms with Gasteiger partial charge in [-0.15, -0.1) is 0 Å². The van der Waals surface area contributed by atoms with E-state index in [1.54, 1.807) is 0 Å². The van der Waals surface area contributed by atoms with E-state index in [-0.39, 0.29) is 17.0 Å². The molecule has 1 fully saturated rings. The molecule has 0 aromatic carbocycles. The lowest BCUT2D eigenvalue weighted by Gasteiger charge is -2.19. The van der Waals surface area contributed by atoms with Gasteiger partial charge in [0.2, 0.25) is 0 Å². The van der Waals surface area contributed by atoms with Crippen LogP contribution >= 0.6 is 14.5 Å². The van der Waals surface area contributed by atoms with Gasteiger partial charge >= 0.3 is 14.5 Å². The highest BCUT2D eigenvalue weighted by atomic mass is 32.5. The fourth-order valence-corrected chi connectivity index (χ4v) is 5.04. The number of aromatic nitrogens is 4. The third-order valence-corrected chi connectivity index (χ3v) is 6.68. The molecule has 2 aromatic heterocycles. The zero-order valence-corrected chi connectivity index (χ0v) is 15.8. The third-order valence-electron chi connectivity index (χ3n) is 3.61. The van der Waals surface area contributed by atoms with Crippen LogP contribution in [0.2, 0.25) is 0 Å². The van der Waals surface area contributed by atoms with Crippen molar-refractivity contribution >= 4 is 43.3 Å². The highest BCUT2D eigenvalue weighted by Crippen LogP contribution is 2.58. The van der Waals surface area contributed by atoms with Gasteiger partial charge in [-0.3, -0.25) is 4.57 Å². The Morgan fingerprint density at radius 2 is 1.96 bits per heavy atom. The van der Waals surface area contributed by atoms with Gasteiger partial charge in [-0.05, 0) is 11.8 Å². The summed E-state index contributed by atoms with van der Waals surface area (Å²) in [5.74, 6) is 0.113. The van der Waals surface area contributed by atoms with Crippen LogP contribution in [0.5, 0.6) is 0 Å². The van der Waals surface area contributed by atoms with Crippen LogP contribution in [-0.2, 0) is 29.9 Å². The van der Waals surface area contributed by atoms with E-state index in [1.807, 2.05) is 0 Å². The summed E-state index contributed by atoms with van der Waals surface area (Å²) in [7, 11) is -5.08. The predicted octanol–water partition coefficient (Wildman–Crippen LogP) is -1.63. The molecule has 5 atom stereocenters. The van der Waals surface area contributed by atoms with Crippen LogP contribution in [0.3, 0.4) is 0 Å². The van der Waals surface area contributed by atoms with E-state index in [9.17, 15) is 19.7 Å². The molecule has 150 valence electrons. The SMILES string of the molecule is Nc1ncnc2c1ncn2[C@@H]1O[C@H](CO[P@](O)(=S)OP(=O)(O)O)[C@@H](O)C1O. The largest absolute Gasteiger partial charge is 0.476 e. The standard InChI is InChI=1S/C10H15N5O9P2S/c11-8-5-9(13-2-12-8)15(3-14-5)10-7(17)6(16)4(23-10)1-22-26(21,27)24-25(18,19)20/h2-4,6-7,10,16-17H,1H2,(H,21,27)(H2,11,12,13)(H2,18,19,20)/t4-,6-,7?,10-,26+/m1/s1. The van der Waals surface area contributed by atoms with Crippen LogP contribution in [0.4, 0.5) is 5.82 Å². The number of nitrogens with zero attached hydrogens (tertiary/aromatic N) is 4. The van der Waals surface area contributed by atoms with Crippen molar-refractivity contribution in [2.24, 2.45) is 0 Å². The number of nitrogens with two attached hydrogens (primary N) is 1. The average molecular weight is 443 g/mol. The lowest BCUT2D eigenvalue weighted by molar-refractivity contribution is -0.0486. The van der Waals surface area contributed by atoms with Crippen LogP contribution in [-0.4, -0.2) is 69.3 Å². The van der Waals surface area contributed by atoms with Gasteiger partial charge in [0, 0.05) is 0 Å². The molecule has 0 amide bonds. The Labute approximate surface area is 156 Å². The summed E-state index contributed by atoms with van der Waals surface area (Å²) >= 11 is 4.47. The number of anilines is 1. The molecule has 3 heterocycles. The Morgan fingerprint density at radius 3 is 2.63 bits per heavy atom. The number of phosphoric acid groups is 1. The minimum atomic E-state index is -5.08. The molecule has 14 nitrogen and oxygen atoms in total. The Bertz CT molecular complexity index is 937.